The standard InChI is InChI=1S/C29H34F3N5O5S/c1-27(2,3)20(14-35-43(41,42)19-8-6-17(7-9-19)29(30,31)32)26(40)37-15-21-22(28(21,4)5)23(37)25(39)36-18(13-33)12-16-10-11-34-24(16)38/h6-9,16,18,20-23H,10-12,15H2,1-5H3,(H-,34,36,38,39)/p+1/t16-,18-,20?,21-,22-,23-/m0/s1. The number of alkyl halides is 3. The molecule has 14 heteroatoms. The number of carbonyl (C=O) groups excluding carboxylic acids is 3. The summed E-state index contributed by atoms with van der Waals surface area (Å²) in [7, 11) is -4.49. The number of rotatable bonds is 6. The summed E-state index contributed by atoms with van der Waals surface area (Å²) in [6.45, 7) is 9.74. The highest BCUT2D eigenvalue weighted by atomic mass is 32.2. The van der Waals surface area contributed by atoms with Crippen molar-refractivity contribution in [2.75, 3.05) is 13.1 Å². The van der Waals surface area contributed by atoms with E-state index < -0.39 is 67.8 Å². The van der Waals surface area contributed by atoms with Crippen LogP contribution in [0.15, 0.2) is 29.2 Å². The second-order valence-electron chi connectivity index (χ2n) is 13.1. The molecule has 2 saturated heterocycles. The first kappa shape index (κ1) is 32.3. The molecular formula is C29H35F3N5O5S+. The lowest BCUT2D eigenvalue weighted by molar-refractivity contribution is -0.144. The van der Waals surface area contributed by atoms with Crippen LogP contribution in [-0.4, -0.2) is 56.2 Å². The second-order valence-corrected chi connectivity index (χ2v) is 14.7. The summed E-state index contributed by atoms with van der Waals surface area (Å²) in [5, 5.41) is 15.1. The fourth-order valence-corrected chi connectivity index (χ4v) is 6.97. The number of hydrogen-bond acceptors (Lipinski definition) is 6. The van der Waals surface area contributed by atoms with Crippen LogP contribution in [0.25, 0.3) is 4.25 Å². The lowest BCUT2D eigenvalue weighted by atomic mass is 9.80. The zero-order valence-corrected chi connectivity index (χ0v) is 25.3. The van der Waals surface area contributed by atoms with E-state index >= 15 is 0 Å². The Morgan fingerprint density at radius 3 is 2.35 bits per heavy atom. The van der Waals surface area contributed by atoms with Crippen LogP contribution in [0, 0.1) is 51.9 Å². The third-order valence-corrected chi connectivity index (χ3v) is 10.0. The monoisotopic (exact) mass is 622 g/mol. The predicted molar refractivity (Wildman–Crippen MR) is 148 cm³/mol. The summed E-state index contributed by atoms with van der Waals surface area (Å²) in [6, 6.07) is 5.42. The maximum absolute atomic E-state index is 14.0. The first-order valence-corrected chi connectivity index (χ1v) is 15.4. The Hall–Kier alpha value is -3.65. The van der Waals surface area contributed by atoms with Gasteiger partial charge in [-0.05, 0) is 59.8 Å². The van der Waals surface area contributed by atoms with Crippen molar-refractivity contribution < 1.29 is 36.0 Å². The van der Waals surface area contributed by atoms with Crippen molar-refractivity contribution in [3.8, 4) is 12.1 Å². The number of amides is 3. The van der Waals surface area contributed by atoms with Gasteiger partial charge in [-0.1, -0.05) is 34.6 Å². The van der Waals surface area contributed by atoms with Crippen LogP contribution in [0.3, 0.4) is 0 Å². The van der Waals surface area contributed by atoms with E-state index in [2.05, 4.69) is 21.0 Å². The molecule has 3 fully saturated rings. The molecule has 232 valence electrons. The molecule has 0 bridgehead atoms. The maximum Gasteiger partial charge on any atom is 0.510 e. The molecule has 10 nitrogen and oxygen atoms in total. The summed E-state index contributed by atoms with van der Waals surface area (Å²) < 4.78 is 68.0. The number of nitrogens with one attached hydrogen (secondary N) is 2. The molecule has 0 aromatic heterocycles. The van der Waals surface area contributed by atoms with Crippen LogP contribution in [0.2, 0.25) is 0 Å². The minimum Gasteiger partial charge on any atom is -0.356 e. The van der Waals surface area contributed by atoms with Gasteiger partial charge in [-0.3, -0.25) is 14.4 Å². The lowest BCUT2D eigenvalue weighted by Crippen LogP contribution is -2.54. The normalized spacial score (nSPS) is 25.8. The summed E-state index contributed by atoms with van der Waals surface area (Å²) in [5.74, 6) is -3.10. The van der Waals surface area contributed by atoms with Crippen LogP contribution in [-0.2, 0) is 30.6 Å². The van der Waals surface area contributed by atoms with Gasteiger partial charge >= 0.3 is 22.3 Å². The second kappa shape index (κ2) is 11.1. The van der Waals surface area contributed by atoms with Crippen LogP contribution in [0.4, 0.5) is 13.2 Å². The zero-order valence-electron chi connectivity index (χ0n) is 24.5. The molecule has 1 aromatic rings. The largest absolute Gasteiger partial charge is 0.510 e. The first-order valence-electron chi connectivity index (χ1n) is 14.0. The predicted octanol–water partition coefficient (Wildman–Crippen LogP) is 3.41. The third-order valence-electron chi connectivity index (χ3n) is 8.81. The van der Waals surface area contributed by atoms with Crippen molar-refractivity contribution in [3.05, 3.63) is 34.1 Å². The Kier molecular flexibility index (Phi) is 8.35. The van der Waals surface area contributed by atoms with Gasteiger partial charge < -0.3 is 15.5 Å². The van der Waals surface area contributed by atoms with Crippen LogP contribution < -0.4 is 10.6 Å². The number of halogens is 3. The molecular weight excluding hydrogens is 587 g/mol. The SMILES string of the molecule is CC(C)(C)C(C#[N+]S(=O)(=O)c1ccc(C(F)(F)F)cc1)C(=O)N1C[C@H]2[C@@H]([C@H]1C(=O)N[C@H](C#N)C[C@@H]1CCNC1=O)C2(C)C. The van der Waals surface area contributed by atoms with Crippen molar-refractivity contribution in [2.45, 2.75) is 70.6 Å². The number of nitriles is 1. The highest BCUT2D eigenvalue weighted by Crippen LogP contribution is 2.65. The average Bonchev–Trinajstić information content (AvgIpc) is 3.25. The van der Waals surface area contributed by atoms with E-state index in [1.165, 1.54) is 4.90 Å². The first-order chi connectivity index (χ1) is 19.8. The Balaban J connectivity index is 1.58. The molecule has 6 atom stereocenters. The van der Waals surface area contributed by atoms with E-state index in [9.17, 15) is 41.2 Å². The fourth-order valence-electron chi connectivity index (χ4n) is 6.14. The molecule has 1 unspecified atom stereocenters. The number of hydrogen-bond donors (Lipinski definition) is 2. The molecule has 43 heavy (non-hydrogen) atoms. The number of piperidine rings is 1. The molecule has 2 aliphatic heterocycles. The van der Waals surface area contributed by atoms with Gasteiger partial charge in [0.1, 0.15) is 12.1 Å². The summed E-state index contributed by atoms with van der Waals surface area (Å²) in [6.07, 6.45) is -3.96. The molecule has 1 aliphatic carbocycles. The van der Waals surface area contributed by atoms with Crippen molar-refractivity contribution in [1.82, 2.24) is 15.5 Å². The number of fused-ring (bicyclic) bond motifs is 1. The van der Waals surface area contributed by atoms with Gasteiger partial charge in [-0.15, -0.1) is 8.42 Å². The van der Waals surface area contributed by atoms with Crippen molar-refractivity contribution in [1.29, 1.82) is 5.26 Å². The number of carbonyl (C=O) groups is 3. The van der Waals surface area contributed by atoms with Gasteiger partial charge in [-0.25, -0.2) is 0 Å². The van der Waals surface area contributed by atoms with Crippen molar-refractivity contribution in [2.24, 2.45) is 34.5 Å². The molecule has 4 rings (SSSR count). The molecule has 1 aromatic carbocycles. The highest BCUT2D eigenvalue weighted by molar-refractivity contribution is 7.93. The zero-order chi connectivity index (χ0) is 32.1. The summed E-state index contributed by atoms with van der Waals surface area (Å²) in [4.78, 5) is 40.5. The summed E-state index contributed by atoms with van der Waals surface area (Å²) >= 11 is 0. The van der Waals surface area contributed by atoms with Gasteiger partial charge in [-0.2, -0.15) is 18.4 Å². The third kappa shape index (κ3) is 6.49. The van der Waals surface area contributed by atoms with E-state index in [1.54, 1.807) is 20.8 Å². The van der Waals surface area contributed by atoms with E-state index in [4.69, 9.17) is 0 Å². The van der Waals surface area contributed by atoms with E-state index in [0.717, 1.165) is 12.1 Å². The van der Waals surface area contributed by atoms with Crippen LogP contribution in [0.5, 0.6) is 0 Å². The molecule has 1 saturated carbocycles. The van der Waals surface area contributed by atoms with E-state index in [0.29, 0.717) is 25.1 Å². The molecule has 0 radical (unpaired) electrons. The molecule has 0 spiro atoms. The van der Waals surface area contributed by atoms with E-state index in [1.807, 2.05) is 19.9 Å². The molecule has 2 heterocycles. The molecule has 2 N–H and O–H groups in total. The Bertz CT molecular complexity index is 1520. The highest BCUT2D eigenvalue weighted by Gasteiger charge is 2.70. The fraction of sp³-hybridized carbons (Fsp3) is 0.621. The summed E-state index contributed by atoms with van der Waals surface area (Å²) in [5.41, 5.74) is -2.16. The number of likely N-dealkylation sites (tertiary alicyclic amines) is 1. The minimum atomic E-state index is -4.65. The van der Waals surface area contributed by atoms with Gasteiger partial charge in [0.2, 0.25) is 17.7 Å². The quantitative estimate of drug-likeness (QED) is 0.498. The van der Waals surface area contributed by atoms with Gasteiger partial charge in [0, 0.05) is 19.0 Å². The molecule has 3 aliphatic rings. The maximum atomic E-state index is 14.0. The Labute approximate surface area is 248 Å². The van der Waals surface area contributed by atoms with Crippen LogP contribution >= 0.6 is 0 Å². The Morgan fingerprint density at radius 2 is 1.84 bits per heavy atom. The average molecular weight is 623 g/mol. The van der Waals surface area contributed by atoms with E-state index in [-0.39, 0.29) is 36.1 Å². The minimum absolute atomic E-state index is 0.00165. The lowest BCUT2D eigenvalue weighted by Gasteiger charge is -2.34. The topological polar surface area (TPSA) is 141 Å². The van der Waals surface area contributed by atoms with Gasteiger partial charge in [0.15, 0.2) is 10.8 Å². The molecule has 3 amide bonds. The Morgan fingerprint density at radius 1 is 1.21 bits per heavy atom. The number of nitrogens with zero attached hydrogens (tertiary/aromatic N) is 3. The smallest absolute Gasteiger partial charge is 0.356 e. The van der Waals surface area contributed by atoms with Crippen molar-refractivity contribution in [3.63, 3.8) is 0 Å². The van der Waals surface area contributed by atoms with Crippen molar-refractivity contribution >= 4 is 27.7 Å². The number of sulfonamides is 1. The number of benzene rings is 1. The van der Waals surface area contributed by atoms with Gasteiger partial charge in [0.05, 0.1) is 15.9 Å². The van der Waals surface area contributed by atoms with Gasteiger partial charge in [0.25, 0.3) is 0 Å². The van der Waals surface area contributed by atoms with Crippen LogP contribution in [0.1, 0.15) is 53.0 Å².